The van der Waals surface area contributed by atoms with E-state index in [-0.39, 0.29) is 33.5 Å². The van der Waals surface area contributed by atoms with E-state index in [0.29, 0.717) is 11.3 Å². The molecule has 0 bridgehead atoms. The van der Waals surface area contributed by atoms with E-state index in [0.717, 1.165) is 11.3 Å². The van der Waals surface area contributed by atoms with Gasteiger partial charge in [0.05, 0.1) is 16.2 Å². The van der Waals surface area contributed by atoms with E-state index in [9.17, 15) is 18.8 Å². The predicted molar refractivity (Wildman–Crippen MR) is 121 cm³/mol. The highest BCUT2D eigenvalue weighted by Gasteiger charge is 2.20. The summed E-state index contributed by atoms with van der Waals surface area (Å²) < 4.78 is 20.9. The number of ketones is 1. The summed E-state index contributed by atoms with van der Waals surface area (Å²) in [7, 11) is 1.52. The zero-order chi connectivity index (χ0) is 23.3. The van der Waals surface area contributed by atoms with Crippen LogP contribution in [0.5, 0.6) is 0 Å². The number of benzene rings is 1. The summed E-state index contributed by atoms with van der Waals surface area (Å²) in [6.07, 6.45) is 2.68. The van der Waals surface area contributed by atoms with Crippen LogP contribution in [0, 0.1) is 11.2 Å². The number of aromatic nitrogens is 1. The van der Waals surface area contributed by atoms with Crippen LogP contribution in [0.4, 0.5) is 4.39 Å². The van der Waals surface area contributed by atoms with Crippen molar-refractivity contribution in [2.24, 2.45) is 5.41 Å². The number of hydrogen-bond donors (Lipinski definition) is 1. The van der Waals surface area contributed by atoms with E-state index < -0.39 is 22.7 Å². The number of nitrogens with zero attached hydrogens (tertiary/aromatic N) is 1. The van der Waals surface area contributed by atoms with Gasteiger partial charge >= 0.3 is 0 Å². The Kier molecular flexibility index (Phi) is 8.34. The van der Waals surface area contributed by atoms with Crippen molar-refractivity contribution in [3.8, 4) is 0 Å². The van der Waals surface area contributed by atoms with Crippen molar-refractivity contribution in [2.75, 3.05) is 13.7 Å². The van der Waals surface area contributed by atoms with Crippen molar-refractivity contribution in [1.29, 1.82) is 0 Å². The van der Waals surface area contributed by atoms with Gasteiger partial charge in [0.1, 0.15) is 17.0 Å². The third kappa shape index (κ3) is 6.59. The molecule has 1 unspecified atom stereocenters. The molecule has 1 N–H and O–H groups in total. The molecule has 2 aromatic rings. The Morgan fingerprint density at radius 2 is 2.03 bits per heavy atom. The maximum Gasteiger partial charge on any atom is 0.269 e. The maximum atomic E-state index is 14.2. The molecule has 0 spiro atoms. The molecule has 0 saturated carbocycles. The summed E-state index contributed by atoms with van der Waals surface area (Å²) in [5.74, 6) is -1.18. The Hall–Kier alpha value is -2.29. The lowest BCUT2D eigenvalue weighted by Crippen LogP contribution is -2.42. The fourth-order valence-electron chi connectivity index (χ4n) is 2.66. The molecular weight excluding hydrogens is 443 g/mol. The summed E-state index contributed by atoms with van der Waals surface area (Å²) in [5, 5.41) is 2.89. The summed E-state index contributed by atoms with van der Waals surface area (Å²) in [5.41, 5.74) is -1.10. The maximum absolute atomic E-state index is 14.2. The lowest BCUT2D eigenvalue weighted by molar-refractivity contribution is -0.123. The Labute approximate surface area is 189 Å². The van der Waals surface area contributed by atoms with E-state index in [1.807, 2.05) is 0 Å². The number of Topliss-reactive ketones (excluding diaryl/α,β-unsaturated/α-hetero) is 1. The third-order valence-corrected chi connectivity index (χ3v) is 5.72. The highest BCUT2D eigenvalue weighted by Crippen LogP contribution is 2.19. The quantitative estimate of drug-likeness (QED) is 0.675. The second-order valence-electron chi connectivity index (χ2n) is 8.16. The SMILES string of the molecule is COCC(C)NC(=O)Cn1c(=O)/c(=C\c2c(F)cccc2Cl)s/c1=C\C(=O)C(C)(C)C. The number of thiazole rings is 1. The van der Waals surface area contributed by atoms with Gasteiger partial charge in [-0.1, -0.05) is 38.4 Å². The molecule has 1 atom stereocenters. The average molecular weight is 469 g/mol. The standard InChI is InChI=1S/C22H26ClFN2O4S/c1-13(12-30-5)25-19(28)11-26-20(10-18(27)22(2,3)4)31-17(21(26)29)9-14-15(23)7-6-8-16(14)24/h6-10,13H,11-12H2,1-5H3,(H,25,28)/b17-9+,20-10-. The van der Waals surface area contributed by atoms with Crippen LogP contribution in [0.1, 0.15) is 33.3 Å². The molecule has 1 heterocycles. The van der Waals surface area contributed by atoms with Gasteiger partial charge in [0.25, 0.3) is 5.56 Å². The molecule has 0 fully saturated rings. The van der Waals surface area contributed by atoms with Crippen LogP contribution < -0.4 is 20.1 Å². The van der Waals surface area contributed by atoms with E-state index in [1.165, 1.54) is 42.0 Å². The van der Waals surface area contributed by atoms with E-state index in [2.05, 4.69) is 5.32 Å². The highest BCUT2D eigenvalue weighted by molar-refractivity contribution is 7.07. The van der Waals surface area contributed by atoms with Gasteiger partial charge in [0.15, 0.2) is 5.78 Å². The highest BCUT2D eigenvalue weighted by atomic mass is 35.5. The molecule has 0 aliphatic heterocycles. The fourth-order valence-corrected chi connectivity index (χ4v) is 3.90. The second kappa shape index (κ2) is 10.3. The summed E-state index contributed by atoms with van der Waals surface area (Å²) >= 11 is 7.08. The molecule has 0 radical (unpaired) electrons. The first-order chi connectivity index (χ1) is 14.4. The first kappa shape index (κ1) is 25.0. The fraction of sp³-hybridized carbons (Fsp3) is 0.409. The minimum absolute atomic E-state index is 0.0709. The average Bonchev–Trinajstić information content (AvgIpc) is 2.93. The zero-order valence-electron chi connectivity index (χ0n) is 18.1. The second-order valence-corrected chi connectivity index (χ2v) is 9.63. The molecule has 0 aliphatic rings. The largest absolute Gasteiger partial charge is 0.383 e. The third-order valence-electron chi connectivity index (χ3n) is 4.33. The van der Waals surface area contributed by atoms with Gasteiger partial charge in [-0.15, -0.1) is 11.3 Å². The minimum Gasteiger partial charge on any atom is -0.383 e. The number of rotatable bonds is 7. The van der Waals surface area contributed by atoms with Crippen LogP contribution in [0.2, 0.25) is 5.02 Å². The molecule has 0 aliphatic carbocycles. The molecule has 1 aromatic carbocycles. The minimum atomic E-state index is -0.668. The molecule has 1 amide bonds. The van der Waals surface area contributed by atoms with Gasteiger partial charge in [-0.05, 0) is 25.1 Å². The number of nitrogens with one attached hydrogen (secondary N) is 1. The van der Waals surface area contributed by atoms with Crippen molar-refractivity contribution in [1.82, 2.24) is 9.88 Å². The molecule has 31 heavy (non-hydrogen) atoms. The summed E-state index contributed by atoms with van der Waals surface area (Å²) in [6, 6.07) is 3.97. The smallest absolute Gasteiger partial charge is 0.269 e. The lowest BCUT2D eigenvalue weighted by Gasteiger charge is -2.14. The van der Waals surface area contributed by atoms with Crippen LogP contribution in [-0.4, -0.2) is 36.0 Å². The predicted octanol–water partition coefficient (Wildman–Crippen LogP) is 2.08. The van der Waals surface area contributed by atoms with Gasteiger partial charge in [0.2, 0.25) is 5.91 Å². The lowest BCUT2D eigenvalue weighted by atomic mass is 9.91. The number of methoxy groups -OCH3 is 1. The van der Waals surface area contributed by atoms with Crippen molar-refractivity contribution < 1.29 is 18.7 Å². The Bertz CT molecular complexity index is 1130. The Morgan fingerprint density at radius 1 is 1.35 bits per heavy atom. The van der Waals surface area contributed by atoms with Crippen molar-refractivity contribution in [3.63, 3.8) is 0 Å². The van der Waals surface area contributed by atoms with Gasteiger partial charge in [-0.2, -0.15) is 0 Å². The van der Waals surface area contributed by atoms with E-state index >= 15 is 0 Å². The van der Waals surface area contributed by atoms with E-state index in [1.54, 1.807) is 27.7 Å². The molecule has 9 heteroatoms. The molecule has 1 aromatic heterocycles. The van der Waals surface area contributed by atoms with Crippen molar-refractivity contribution in [2.45, 2.75) is 40.3 Å². The van der Waals surface area contributed by atoms with Crippen LogP contribution in [-0.2, 0) is 20.9 Å². The van der Waals surface area contributed by atoms with Crippen LogP contribution in [0.25, 0.3) is 12.2 Å². The topological polar surface area (TPSA) is 77.4 Å². The van der Waals surface area contributed by atoms with Crippen LogP contribution in [0.15, 0.2) is 23.0 Å². The van der Waals surface area contributed by atoms with Crippen LogP contribution in [0.3, 0.4) is 0 Å². The molecule has 168 valence electrons. The number of hydrogen-bond acceptors (Lipinski definition) is 5. The first-order valence-electron chi connectivity index (χ1n) is 9.64. The monoisotopic (exact) mass is 468 g/mol. The van der Waals surface area contributed by atoms with E-state index in [4.69, 9.17) is 16.3 Å². The van der Waals surface area contributed by atoms with Gasteiger partial charge < -0.3 is 10.1 Å². The number of carbonyl (C=O) groups excluding carboxylic acids is 2. The van der Waals surface area contributed by atoms with Gasteiger partial charge in [-0.25, -0.2) is 4.39 Å². The summed E-state index contributed by atoms with van der Waals surface area (Å²) in [6.45, 7) is 7.07. The van der Waals surface area contributed by atoms with Gasteiger partial charge in [-0.3, -0.25) is 19.0 Å². The molecule has 2 rings (SSSR count). The molecular formula is C22H26ClFN2O4S. The number of ether oxygens (including phenoxy) is 1. The number of amides is 1. The summed E-state index contributed by atoms with van der Waals surface area (Å²) in [4.78, 5) is 38.0. The Morgan fingerprint density at radius 3 is 2.61 bits per heavy atom. The Balaban J connectivity index is 2.61. The van der Waals surface area contributed by atoms with Crippen LogP contribution >= 0.6 is 22.9 Å². The molecule has 0 saturated heterocycles. The normalized spacial score (nSPS) is 14.0. The van der Waals surface area contributed by atoms with Crippen molar-refractivity contribution in [3.05, 3.63) is 54.2 Å². The number of carbonyl (C=O) groups is 2. The zero-order valence-corrected chi connectivity index (χ0v) is 19.7. The van der Waals surface area contributed by atoms with Crippen molar-refractivity contribution >= 4 is 46.8 Å². The van der Waals surface area contributed by atoms with Gasteiger partial charge in [0, 0.05) is 30.2 Å². The first-order valence-corrected chi connectivity index (χ1v) is 10.8. The number of halogens is 2. The molecule has 6 nitrogen and oxygen atoms in total.